The Hall–Kier alpha value is -0.520. The van der Waals surface area contributed by atoms with Gasteiger partial charge in [0.1, 0.15) is 0 Å². The van der Waals surface area contributed by atoms with Crippen molar-refractivity contribution >= 4 is 41.5 Å². The maximum atomic E-state index is 12.4. The number of hydrogen-bond acceptors (Lipinski definition) is 3. The SMILES string of the molecule is CC1(N)CCCCC1C(=O)NCC(O)c1c(Cl)cccc1Cl.Cl. The van der Waals surface area contributed by atoms with Crippen molar-refractivity contribution in [2.75, 3.05) is 6.54 Å². The molecule has 1 aliphatic carbocycles. The quantitative estimate of drug-likeness (QED) is 0.747. The fourth-order valence-corrected chi connectivity index (χ4v) is 3.69. The average molecular weight is 382 g/mol. The van der Waals surface area contributed by atoms with Crippen LogP contribution in [-0.4, -0.2) is 23.1 Å². The highest BCUT2D eigenvalue weighted by Crippen LogP contribution is 2.32. The number of carbonyl (C=O) groups is 1. The molecule has 0 radical (unpaired) electrons. The Balaban J connectivity index is 0.00000264. The first-order valence-electron chi connectivity index (χ1n) is 7.51. The van der Waals surface area contributed by atoms with Crippen molar-refractivity contribution in [2.24, 2.45) is 11.7 Å². The van der Waals surface area contributed by atoms with Crippen LogP contribution in [-0.2, 0) is 4.79 Å². The Morgan fingerprint density at radius 3 is 2.61 bits per heavy atom. The van der Waals surface area contributed by atoms with Crippen LogP contribution >= 0.6 is 35.6 Å². The summed E-state index contributed by atoms with van der Waals surface area (Å²) < 4.78 is 0. The fraction of sp³-hybridized carbons (Fsp3) is 0.562. The molecule has 0 bridgehead atoms. The summed E-state index contributed by atoms with van der Waals surface area (Å²) in [7, 11) is 0. The van der Waals surface area contributed by atoms with E-state index in [1.54, 1.807) is 18.2 Å². The van der Waals surface area contributed by atoms with E-state index >= 15 is 0 Å². The van der Waals surface area contributed by atoms with E-state index in [9.17, 15) is 9.90 Å². The van der Waals surface area contributed by atoms with Gasteiger partial charge in [-0.25, -0.2) is 0 Å². The van der Waals surface area contributed by atoms with Gasteiger partial charge in [0.15, 0.2) is 0 Å². The molecule has 3 unspecified atom stereocenters. The standard InChI is InChI=1S/C16H22Cl2N2O2.ClH/c1-16(19)8-3-2-5-10(16)15(22)20-9-13(21)14-11(17)6-4-7-12(14)18;/h4,6-7,10,13,21H,2-3,5,8-9,19H2,1H3,(H,20,22);1H. The Kier molecular flexibility index (Phi) is 7.62. The molecule has 0 saturated heterocycles. The molecule has 1 saturated carbocycles. The van der Waals surface area contributed by atoms with E-state index in [2.05, 4.69) is 5.32 Å². The highest BCUT2D eigenvalue weighted by molar-refractivity contribution is 6.36. The van der Waals surface area contributed by atoms with Crippen molar-refractivity contribution in [3.05, 3.63) is 33.8 Å². The molecule has 0 spiro atoms. The summed E-state index contributed by atoms with van der Waals surface area (Å²) in [5.41, 5.74) is 6.17. The Labute approximate surface area is 153 Å². The normalized spacial score (nSPS) is 25.3. The first kappa shape index (κ1) is 20.5. The summed E-state index contributed by atoms with van der Waals surface area (Å²) in [6.07, 6.45) is 2.72. The number of aliphatic hydroxyl groups excluding tert-OH is 1. The third-order valence-electron chi connectivity index (χ3n) is 4.37. The topological polar surface area (TPSA) is 75.4 Å². The number of carbonyl (C=O) groups excluding carboxylic acids is 1. The number of nitrogens with one attached hydrogen (secondary N) is 1. The van der Waals surface area contributed by atoms with E-state index in [1.165, 1.54) is 0 Å². The number of rotatable bonds is 4. The molecule has 2 rings (SSSR count). The molecule has 0 heterocycles. The first-order chi connectivity index (χ1) is 10.3. The number of halogens is 3. The van der Waals surface area contributed by atoms with Gasteiger partial charge in [-0.1, -0.05) is 42.1 Å². The number of benzene rings is 1. The van der Waals surface area contributed by atoms with E-state index in [1.807, 2.05) is 6.92 Å². The number of aliphatic hydroxyl groups is 1. The molecule has 1 aromatic carbocycles. The number of amides is 1. The summed E-state index contributed by atoms with van der Waals surface area (Å²) >= 11 is 12.1. The lowest BCUT2D eigenvalue weighted by Gasteiger charge is -2.37. The molecule has 7 heteroatoms. The zero-order valence-electron chi connectivity index (χ0n) is 13.0. The maximum absolute atomic E-state index is 12.4. The Morgan fingerprint density at radius 1 is 1.43 bits per heavy atom. The van der Waals surface area contributed by atoms with Crippen LogP contribution in [0.5, 0.6) is 0 Å². The molecule has 3 atom stereocenters. The predicted molar refractivity (Wildman–Crippen MR) is 96.2 cm³/mol. The van der Waals surface area contributed by atoms with Crippen molar-refractivity contribution in [1.29, 1.82) is 0 Å². The predicted octanol–water partition coefficient (Wildman–Crippen LogP) is 3.47. The van der Waals surface area contributed by atoms with Crippen molar-refractivity contribution < 1.29 is 9.90 Å². The molecule has 1 aromatic rings. The van der Waals surface area contributed by atoms with E-state index in [0.29, 0.717) is 15.6 Å². The highest BCUT2D eigenvalue weighted by Gasteiger charge is 2.37. The third kappa shape index (κ3) is 4.97. The second-order valence-corrected chi connectivity index (χ2v) is 7.01. The summed E-state index contributed by atoms with van der Waals surface area (Å²) in [6.45, 7) is 1.98. The van der Waals surface area contributed by atoms with Crippen LogP contribution in [0.25, 0.3) is 0 Å². The van der Waals surface area contributed by atoms with Crippen molar-refractivity contribution in [3.63, 3.8) is 0 Å². The van der Waals surface area contributed by atoms with Crippen LogP contribution in [0.3, 0.4) is 0 Å². The van der Waals surface area contributed by atoms with Crippen LogP contribution in [0.2, 0.25) is 10.0 Å². The number of nitrogens with two attached hydrogens (primary N) is 1. The van der Waals surface area contributed by atoms with Gasteiger partial charge in [-0.05, 0) is 31.9 Å². The van der Waals surface area contributed by atoms with Gasteiger partial charge in [0.05, 0.1) is 12.0 Å². The van der Waals surface area contributed by atoms with Crippen molar-refractivity contribution in [3.8, 4) is 0 Å². The fourth-order valence-electron chi connectivity index (χ4n) is 3.04. The van der Waals surface area contributed by atoms with Crippen molar-refractivity contribution in [2.45, 2.75) is 44.2 Å². The van der Waals surface area contributed by atoms with Gasteiger partial charge in [-0.2, -0.15) is 0 Å². The van der Waals surface area contributed by atoms with Gasteiger partial charge >= 0.3 is 0 Å². The van der Waals surface area contributed by atoms with Crippen LogP contribution in [0.15, 0.2) is 18.2 Å². The van der Waals surface area contributed by atoms with Crippen LogP contribution in [0.1, 0.15) is 44.3 Å². The Bertz CT molecular complexity index is 532. The van der Waals surface area contributed by atoms with Crippen LogP contribution in [0.4, 0.5) is 0 Å². The summed E-state index contributed by atoms with van der Waals surface area (Å²) in [5.74, 6) is -0.345. The molecule has 1 amide bonds. The zero-order chi connectivity index (χ0) is 16.3. The van der Waals surface area contributed by atoms with Gasteiger partial charge in [-0.3, -0.25) is 4.79 Å². The zero-order valence-corrected chi connectivity index (χ0v) is 15.3. The van der Waals surface area contributed by atoms with E-state index < -0.39 is 11.6 Å². The lowest BCUT2D eigenvalue weighted by Crippen LogP contribution is -2.53. The molecule has 4 N–H and O–H groups in total. The van der Waals surface area contributed by atoms with E-state index in [-0.39, 0.29) is 30.8 Å². The first-order valence-corrected chi connectivity index (χ1v) is 8.27. The maximum Gasteiger partial charge on any atom is 0.225 e. The molecule has 1 fully saturated rings. The minimum Gasteiger partial charge on any atom is -0.386 e. The highest BCUT2D eigenvalue weighted by atomic mass is 35.5. The summed E-state index contributed by atoms with van der Waals surface area (Å²) in [4.78, 5) is 12.4. The molecule has 0 aromatic heterocycles. The van der Waals surface area contributed by atoms with E-state index in [0.717, 1.165) is 25.7 Å². The summed E-state index contributed by atoms with van der Waals surface area (Å²) in [5, 5.41) is 13.8. The minimum atomic E-state index is -0.947. The minimum absolute atomic E-state index is 0. The van der Waals surface area contributed by atoms with Gasteiger partial charge in [0, 0.05) is 27.7 Å². The van der Waals surface area contributed by atoms with Gasteiger partial charge in [0.2, 0.25) is 5.91 Å². The number of hydrogen-bond donors (Lipinski definition) is 3. The molecule has 4 nitrogen and oxygen atoms in total. The molecular weight excluding hydrogens is 359 g/mol. The van der Waals surface area contributed by atoms with Crippen LogP contribution in [0, 0.1) is 5.92 Å². The van der Waals surface area contributed by atoms with E-state index in [4.69, 9.17) is 28.9 Å². The second-order valence-electron chi connectivity index (χ2n) is 6.20. The van der Waals surface area contributed by atoms with Crippen molar-refractivity contribution in [1.82, 2.24) is 5.32 Å². The third-order valence-corrected chi connectivity index (χ3v) is 5.03. The molecule has 23 heavy (non-hydrogen) atoms. The largest absolute Gasteiger partial charge is 0.386 e. The molecular formula is C16H23Cl3N2O2. The van der Waals surface area contributed by atoms with Crippen LogP contribution < -0.4 is 11.1 Å². The molecule has 130 valence electrons. The monoisotopic (exact) mass is 380 g/mol. The lowest BCUT2D eigenvalue weighted by atomic mass is 9.74. The Morgan fingerprint density at radius 2 is 2.04 bits per heavy atom. The van der Waals surface area contributed by atoms with Gasteiger partial charge < -0.3 is 16.2 Å². The molecule has 0 aliphatic heterocycles. The smallest absolute Gasteiger partial charge is 0.225 e. The lowest BCUT2D eigenvalue weighted by molar-refractivity contribution is -0.128. The second kappa shape index (κ2) is 8.54. The average Bonchev–Trinajstić information content (AvgIpc) is 2.44. The molecule has 1 aliphatic rings. The summed E-state index contributed by atoms with van der Waals surface area (Å²) in [6, 6.07) is 5.03. The van der Waals surface area contributed by atoms with Gasteiger partial charge in [-0.15, -0.1) is 12.4 Å². The van der Waals surface area contributed by atoms with Gasteiger partial charge in [0.25, 0.3) is 0 Å².